The molecule has 1 amide bonds. The van der Waals surface area contributed by atoms with E-state index in [1.807, 2.05) is 25.2 Å². The summed E-state index contributed by atoms with van der Waals surface area (Å²) in [7, 11) is 2.04. The molecule has 1 heterocycles. The van der Waals surface area contributed by atoms with Crippen LogP contribution in [0.1, 0.15) is 16.9 Å². The van der Waals surface area contributed by atoms with E-state index in [4.69, 9.17) is 5.73 Å². The first-order valence-corrected chi connectivity index (χ1v) is 6.93. The Hall–Kier alpha value is -2.56. The van der Waals surface area contributed by atoms with E-state index in [-0.39, 0.29) is 5.91 Å². The number of amides is 1. The number of carbonyl (C=O) groups excluding carboxylic acids is 1. The van der Waals surface area contributed by atoms with Crippen LogP contribution in [0.5, 0.6) is 0 Å². The number of carbonyl (C=O) groups is 1. The first-order valence-electron chi connectivity index (χ1n) is 6.93. The standard InChI is InChI=1S/C16H20N4O/c1-20(14-6-3-2-4-7-14)11-5-9-19-16(21)15-12-13(17)8-10-18-15/h2-4,6-8,10,12H,5,9,11H2,1H3,(H2,17,18)(H,19,21). The molecule has 2 rings (SSSR count). The van der Waals surface area contributed by atoms with Crippen molar-refractivity contribution in [3.8, 4) is 0 Å². The number of aromatic nitrogens is 1. The number of hydrogen-bond donors (Lipinski definition) is 2. The first-order chi connectivity index (χ1) is 10.2. The Morgan fingerprint density at radius 1 is 1.29 bits per heavy atom. The second-order valence-electron chi connectivity index (χ2n) is 4.84. The highest BCUT2D eigenvalue weighted by Gasteiger charge is 2.06. The zero-order valence-electron chi connectivity index (χ0n) is 12.1. The molecule has 0 radical (unpaired) electrons. The second-order valence-corrected chi connectivity index (χ2v) is 4.84. The molecular weight excluding hydrogens is 264 g/mol. The lowest BCUT2D eigenvalue weighted by Gasteiger charge is -2.19. The monoisotopic (exact) mass is 284 g/mol. The van der Waals surface area contributed by atoms with Gasteiger partial charge in [-0.1, -0.05) is 18.2 Å². The minimum absolute atomic E-state index is 0.190. The molecule has 110 valence electrons. The molecular formula is C16H20N4O. The van der Waals surface area contributed by atoms with Gasteiger partial charge in [-0.15, -0.1) is 0 Å². The molecule has 0 aliphatic heterocycles. The zero-order valence-corrected chi connectivity index (χ0v) is 12.1. The number of pyridine rings is 1. The third-order valence-corrected chi connectivity index (χ3v) is 3.17. The van der Waals surface area contributed by atoms with E-state index < -0.39 is 0 Å². The highest BCUT2D eigenvalue weighted by atomic mass is 16.1. The molecule has 0 aliphatic rings. The van der Waals surface area contributed by atoms with Crippen molar-refractivity contribution in [2.75, 3.05) is 30.8 Å². The van der Waals surface area contributed by atoms with Gasteiger partial charge in [-0.25, -0.2) is 0 Å². The molecule has 5 nitrogen and oxygen atoms in total. The average molecular weight is 284 g/mol. The summed E-state index contributed by atoms with van der Waals surface area (Å²) in [4.78, 5) is 18.0. The van der Waals surface area contributed by atoms with Gasteiger partial charge in [-0.2, -0.15) is 0 Å². The van der Waals surface area contributed by atoms with E-state index in [0.717, 1.165) is 13.0 Å². The fourth-order valence-corrected chi connectivity index (χ4v) is 1.99. The molecule has 0 fully saturated rings. The van der Waals surface area contributed by atoms with Crippen LogP contribution in [0.4, 0.5) is 11.4 Å². The topological polar surface area (TPSA) is 71.2 Å². The summed E-state index contributed by atoms with van der Waals surface area (Å²) in [6, 6.07) is 13.4. The number of nitrogens with one attached hydrogen (secondary N) is 1. The quantitative estimate of drug-likeness (QED) is 0.795. The Kier molecular flexibility index (Phi) is 5.15. The van der Waals surface area contributed by atoms with Gasteiger partial charge in [0.1, 0.15) is 5.69 Å². The molecule has 5 heteroatoms. The summed E-state index contributed by atoms with van der Waals surface area (Å²) in [5.74, 6) is -0.190. The average Bonchev–Trinajstić information content (AvgIpc) is 2.52. The maximum atomic E-state index is 11.9. The van der Waals surface area contributed by atoms with Crippen molar-refractivity contribution in [2.24, 2.45) is 0 Å². The van der Waals surface area contributed by atoms with Gasteiger partial charge < -0.3 is 16.0 Å². The molecule has 21 heavy (non-hydrogen) atoms. The van der Waals surface area contributed by atoms with Crippen molar-refractivity contribution < 1.29 is 4.79 Å². The van der Waals surface area contributed by atoms with Gasteiger partial charge in [0.05, 0.1) is 0 Å². The van der Waals surface area contributed by atoms with Crippen LogP contribution >= 0.6 is 0 Å². The highest BCUT2D eigenvalue weighted by Crippen LogP contribution is 2.10. The van der Waals surface area contributed by atoms with Crippen LogP contribution < -0.4 is 16.0 Å². The third-order valence-electron chi connectivity index (χ3n) is 3.17. The smallest absolute Gasteiger partial charge is 0.269 e. The van der Waals surface area contributed by atoms with Gasteiger partial charge in [0.2, 0.25) is 0 Å². The zero-order chi connectivity index (χ0) is 15.1. The Morgan fingerprint density at radius 2 is 2.05 bits per heavy atom. The van der Waals surface area contributed by atoms with Gasteiger partial charge in [0, 0.05) is 37.7 Å². The Balaban J connectivity index is 1.74. The Bertz CT molecular complexity index is 586. The molecule has 0 unspecified atom stereocenters. The summed E-state index contributed by atoms with van der Waals surface area (Å²) in [6.45, 7) is 1.47. The van der Waals surface area contributed by atoms with Gasteiger partial charge in [-0.3, -0.25) is 9.78 Å². The number of nitrogens with two attached hydrogens (primary N) is 1. The van der Waals surface area contributed by atoms with E-state index in [1.165, 1.54) is 11.9 Å². The summed E-state index contributed by atoms with van der Waals surface area (Å²) >= 11 is 0. The molecule has 0 atom stereocenters. The largest absolute Gasteiger partial charge is 0.399 e. The van der Waals surface area contributed by atoms with Crippen molar-refractivity contribution in [2.45, 2.75) is 6.42 Å². The maximum Gasteiger partial charge on any atom is 0.269 e. The molecule has 0 saturated heterocycles. The van der Waals surface area contributed by atoms with Gasteiger partial charge in [-0.05, 0) is 30.7 Å². The van der Waals surface area contributed by atoms with Crippen LogP contribution in [0.25, 0.3) is 0 Å². The van der Waals surface area contributed by atoms with E-state index in [9.17, 15) is 4.79 Å². The summed E-state index contributed by atoms with van der Waals surface area (Å²) in [5, 5.41) is 2.85. The lowest BCUT2D eigenvalue weighted by Crippen LogP contribution is -2.28. The van der Waals surface area contributed by atoms with E-state index >= 15 is 0 Å². The second kappa shape index (κ2) is 7.28. The number of hydrogen-bond acceptors (Lipinski definition) is 4. The fraction of sp³-hybridized carbons (Fsp3) is 0.250. The SMILES string of the molecule is CN(CCCNC(=O)c1cc(N)ccn1)c1ccccc1. The maximum absolute atomic E-state index is 11.9. The minimum atomic E-state index is -0.190. The number of para-hydroxylation sites is 1. The van der Waals surface area contributed by atoms with E-state index in [2.05, 4.69) is 27.3 Å². The number of anilines is 2. The predicted octanol–water partition coefficient (Wildman–Crippen LogP) is 1.92. The van der Waals surface area contributed by atoms with Gasteiger partial charge >= 0.3 is 0 Å². The van der Waals surface area contributed by atoms with Crippen molar-refractivity contribution in [3.05, 3.63) is 54.4 Å². The molecule has 0 bridgehead atoms. The van der Waals surface area contributed by atoms with Crippen LogP contribution in [0.2, 0.25) is 0 Å². The predicted molar refractivity (Wildman–Crippen MR) is 85.3 cm³/mol. The molecule has 1 aromatic heterocycles. The van der Waals surface area contributed by atoms with Crippen molar-refractivity contribution >= 4 is 17.3 Å². The fourth-order valence-electron chi connectivity index (χ4n) is 1.99. The van der Waals surface area contributed by atoms with Gasteiger partial charge in [0.25, 0.3) is 5.91 Å². The van der Waals surface area contributed by atoms with Crippen LogP contribution in [0, 0.1) is 0 Å². The molecule has 0 spiro atoms. The van der Waals surface area contributed by atoms with Crippen molar-refractivity contribution in [1.29, 1.82) is 0 Å². The van der Waals surface area contributed by atoms with Crippen LogP contribution in [-0.2, 0) is 0 Å². The number of rotatable bonds is 6. The van der Waals surface area contributed by atoms with Crippen LogP contribution in [0.15, 0.2) is 48.7 Å². The van der Waals surface area contributed by atoms with Crippen molar-refractivity contribution in [3.63, 3.8) is 0 Å². The number of nitrogens with zero attached hydrogens (tertiary/aromatic N) is 2. The van der Waals surface area contributed by atoms with Crippen LogP contribution in [0.3, 0.4) is 0 Å². The van der Waals surface area contributed by atoms with Gasteiger partial charge in [0.15, 0.2) is 0 Å². The Morgan fingerprint density at radius 3 is 2.76 bits per heavy atom. The molecule has 0 saturated carbocycles. The number of benzene rings is 1. The molecule has 3 N–H and O–H groups in total. The summed E-state index contributed by atoms with van der Waals surface area (Å²) < 4.78 is 0. The van der Waals surface area contributed by atoms with Crippen LogP contribution in [-0.4, -0.2) is 31.0 Å². The van der Waals surface area contributed by atoms with E-state index in [1.54, 1.807) is 12.1 Å². The number of nitrogen functional groups attached to an aromatic ring is 1. The normalized spacial score (nSPS) is 10.1. The lowest BCUT2D eigenvalue weighted by molar-refractivity contribution is 0.0948. The first kappa shape index (κ1) is 14.8. The molecule has 0 aliphatic carbocycles. The summed E-state index contributed by atoms with van der Waals surface area (Å²) in [5.41, 5.74) is 7.69. The molecule has 1 aromatic carbocycles. The third kappa shape index (κ3) is 4.49. The Labute approximate surface area is 124 Å². The summed E-state index contributed by atoms with van der Waals surface area (Å²) in [6.07, 6.45) is 2.40. The highest BCUT2D eigenvalue weighted by molar-refractivity contribution is 5.92. The van der Waals surface area contributed by atoms with Crippen molar-refractivity contribution in [1.82, 2.24) is 10.3 Å². The molecule has 2 aromatic rings. The lowest BCUT2D eigenvalue weighted by atomic mass is 10.2. The minimum Gasteiger partial charge on any atom is -0.399 e. The van der Waals surface area contributed by atoms with E-state index in [0.29, 0.717) is 17.9 Å².